The van der Waals surface area contributed by atoms with Crippen LogP contribution in [0.5, 0.6) is 0 Å². The van der Waals surface area contributed by atoms with Crippen LogP contribution in [0.3, 0.4) is 0 Å². The van der Waals surface area contributed by atoms with E-state index < -0.39 is 8.32 Å². The zero-order valence-corrected chi connectivity index (χ0v) is 13.6. The summed E-state index contributed by atoms with van der Waals surface area (Å²) < 4.78 is 5.16. The predicted octanol–water partition coefficient (Wildman–Crippen LogP) is 1.69. The molecule has 1 aliphatic heterocycles. The molecule has 1 N–H and O–H groups in total. The first-order valence-corrected chi connectivity index (χ1v) is 9.64. The van der Waals surface area contributed by atoms with Crippen LogP contribution in [0.15, 0.2) is 60.7 Å². The minimum absolute atomic E-state index is 0.0708. The van der Waals surface area contributed by atoms with Gasteiger partial charge in [-0.25, -0.2) is 0 Å². The fourth-order valence-corrected chi connectivity index (χ4v) is 7.29. The van der Waals surface area contributed by atoms with Crippen LogP contribution in [0, 0.1) is 5.92 Å². The van der Waals surface area contributed by atoms with E-state index in [9.17, 15) is 9.59 Å². The largest absolute Gasteiger partial charge is 0.465 e. The Bertz CT molecular complexity index is 602. The third kappa shape index (κ3) is 2.60. The molecule has 1 fully saturated rings. The lowest BCUT2D eigenvalue weighted by Crippen LogP contribution is -2.64. The van der Waals surface area contributed by atoms with Gasteiger partial charge >= 0.3 is 5.97 Å². The van der Waals surface area contributed by atoms with E-state index in [4.69, 9.17) is 4.74 Å². The van der Waals surface area contributed by atoms with Gasteiger partial charge in [0.05, 0.1) is 6.61 Å². The zero-order valence-electron chi connectivity index (χ0n) is 12.6. The van der Waals surface area contributed by atoms with Gasteiger partial charge in [0.25, 0.3) is 8.32 Å². The minimum Gasteiger partial charge on any atom is -0.465 e. The van der Waals surface area contributed by atoms with Gasteiger partial charge in [0.15, 0.2) is 0 Å². The topological polar surface area (TPSA) is 46.5 Å². The maximum atomic E-state index is 11.8. The number of benzene rings is 2. The average Bonchev–Trinajstić information content (AvgIpc) is 2.58. The van der Waals surface area contributed by atoms with Gasteiger partial charge in [-0.1, -0.05) is 67.6 Å². The molecule has 114 valence electrons. The number of rotatable bonds is 3. The van der Waals surface area contributed by atoms with Crippen molar-refractivity contribution in [2.45, 2.75) is 18.9 Å². The molecule has 0 aliphatic carbocycles. The Balaban J connectivity index is 2.13. The molecule has 1 heterocycles. The van der Waals surface area contributed by atoms with E-state index in [2.05, 4.69) is 6.92 Å². The Labute approximate surface area is 131 Å². The van der Waals surface area contributed by atoms with Crippen LogP contribution < -0.4 is 10.4 Å². The molecule has 0 radical (unpaired) electrons. The number of carbonyl (C=O) groups excluding carboxylic acids is 1. The highest BCUT2D eigenvalue weighted by Crippen LogP contribution is 2.35. The lowest BCUT2D eigenvalue weighted by Gasteiger charge is -2.39. The summed E-state index contributed by atoms with van der Waals surface area (Å²) in [6.07, 6.45) is 0.285. The van der Waals surface area contributed by atoms with Gasteiger partial charge in [-0.05, 0) is 16.3 Å². The summed E-state index contributed by atoms with van der Waals surface area (Å²) in [5.41, 5.74) is -0.0708. The zero-order chi connectivity index (χ0) is 15.6. The number of hydrogen-bond acceptors (Lipinski definition) is 3. The molecule has 2 aromatic carbocycles. The first kappa shape index (κ1) is 15.0. The Kier molecular flexibility index (Phi) is 4.14. The number of esters is 1. The van der Waals surface area contributed by atoms with E-state index in [1.807, 2.05) is 60.7 Å². The van der Waals surface area contributed by atoms with Crippen molar-refractivity contribution < 1.29 is 14.3 Å². The summed E-state index contributed by atoms with van der Waals surface area (Å²) in [6, 6.07) is 19.6. The number of carbonyl (C=O) groups is 1. The lowest BCUT2D eigenvalue weighted by molar-refractivity contribution is -0.149. The van der Waals surface area contributed by atoms with E-state index >= 15 is 0 Å². The van der Waals surface area contributed by atoms with Gasteiger partial charge in [0, 0.05) is 12.0 Å². The van der Waals surface area contributed by atoms with Crippen LogP contribution in [0.2, 0.25) is 5.54 Å². The molecule has 1 aliphatic rings. The number of hydrogen-bond donors (Lipinski definition) is 1. The monoisotopic (exact) mass is 312 g/mol. The Morgan fingerprint density at radius 1 is 1.00 bits per heavy atom. The van der Waals surface area contributed by atoms with Crippen molar-refractivity contribution in [3.8, 4) is 0 Å². The fraction of sp³-hybridized carbons (Fsp3) is 0.278. The summed E-state index contributed by atoms with van der Waals surface area (Å²) in [7, 11) is -3.01. The Morgan fingerprint density at radius 2 is 1.50 bits per heavy atom. The van der Waals surface area contributed by atoms with Crippen LogP contribution >= 0.6 is 0 Å². The third-order valence-electron chi connectivity index (χ3n) is 4.55. The third-order valence-corrected chi connectivity index (χ3v) is 8.82. The SMILES string of the molecule is C[C@@H]1COC(=O)C[C@H]1[Si](O)(c1ccccc1)c1ccccc1. The van der Waals surface area contributed by atoms with Gasteiger partial charge in [-0.2, -0.15) is 0 Å². The highest BCUT2D eigenvalue weighted by Gasteiger charge is 2.49. The van der Waals surface area contributed by atoms with Crippen LogP contribution in [0.4, 0.5) is 0 Å². The van der Waals surface area contributed by atoms with Gasteiger partial charge in [0.2, 0.25) is 0 Å². The molecule has 0 bridgehead atoms. The second-order valence-electron chi connectivity index (χ2n) is 5.97. The minimum atomic E-state index is -3.01. The van der Waals surface area contributed by atoms with Crippen molar-refractivity contribution in [2.24, 2.45) is 5.92 Å². The van der Waals surface area contributed by atoms with E-state index in [-0.39, 0.29) is 23.8 Å². The van der Waals surface area contributed by atoms with Gasteiger partial charge in [-0.3, -0.25) is 4.79 Å². The standard InChI is InChI=1S/C18H20O3Si/c1-14-13-21-18(19)12-17(14)22(20,15-8-4-2-5-9-15)16-10-6-3-7-11-16/h2-11,14,17,20H,12-13H2,1H3/t14-,17-/m1/s1. The van der Waals surface area contributed by atoms with Crippen molar-refractivity contribution in [1.29, 1.82) is 0 Å². The van der Waals surface area contributed by atoms with Gasteiger partial charge in [-0.15, -0.1) is 0 Å². The van der Waals surface area contributed by atoms with E-state index in [0.29, 0.717) is 6.61 Å². The summed E-state index contributed by atoms with van der Waals surface area (Å²) in [5, 5.41) is 1.90. The first-order valence-electron chi connectivity index (χ1n) is 7.61. The Hall–Kier alpha value is -1.91. The van der Waals surface area contributed by atoms with Gasteiger partial charge < -0.3 is 9.53 Å². The van der Waals surface area contributed by atoms with E-state index in [0.717, 1.165) is 10.4 Å². The first-order chi connectivity index (χ1) is 10.6. The summed E-state index contributed by atoms with van der Waals surface area (Å²) in [6.45, 7) is 2.44. The molecule has 0 aromatic heterocycles. The van der Waals surface area contributed by atoms with Crippen LogP contribution in [-0.4, -0.2) is 25.7 Å². The van der Waals surface area contributed by atoms with Gasteiger partial charge in [0.1, 0.15) is 0 Å². The van der Waals surface area contributed by atoms with Crippen molar-refractivity contribution in [3.05, 3.63) is 60.7 Å². The molecule has 0 amide bonds. The highest BCUT2D eigenvalue weighted by atomic mass is 28.4. The molecule has 3 nitrogen and oxygen atoms in total. The fourth-order valence-electron chi connectivity index (χ4n) is 3.32. The second kappa shape index (κ2) is 6.06. The van der Waals surface area contributed by atoms with Crippen molar-refractivity contribution in [3.63, 3.8) is 0 Å². The summed E-state index contributed by atoms with van der Waals surface area (Å²) >= 11 is 0. The number of cyclic esters (lactones) is 1. The molecule has 0 saturated carbocycles. The van der Waals surface area contributed by atoms with Crippen molar-refractivity contribution in [2.75, 3.05) is 6.61 Å². The number of ether oxygens (including phenoxy) is 1. The maximum absolute atomic E-state index is 11.8. The van der Waals surface area contributed by atoms with Crippen LogP contribution in [0.25, 0.3) is 0 Å². The molecule has 2 atom stereocenters. The smallest absolute Gasteiger partial charge is 0.305 e. The summed E-state index contributed by atoms with van der Waals surface area (Å²) in [5.74, 6) is -0.0596. The molecule has 1 saturated heterocycles. The normalized spacial score (nSPS) is 22.2. The van der Waals surface area contributed by atoms with Crippen molar-refractivity contribution >= 4 is 24.7 Å². The lowest BCUT2D eigenvalue weighted by atomic mass is 10.0. The molecule has 3 rings (SSSR count). The molecule has 2 aromatic rings. The molecular weight excluding hydrogens is 292 g/mol. The van der Waals surface area contributed by atoms with Crippen LogP contribution in [0.1, 0.15) is 13.3 Å². The van der Waals surface area contributed by atoms with Crippen LogP contribution in [-0.2, 0) is 9.53 Å². The molecule has 4 heteroatoms. The molecular formula is C18H20O3Si. The predicted molar refractivity (Wildman–Crippen MR) is 88.6 cm³/mol. The maximum Gasteiger partial charge on any atom is 0.305 e. The molecule has 0 spiro atoms. The highest BCUT2D eigenvalue weighted by molar-refractivity contribution is 6.97. The van der Waals surface area contributed by atoms with E-state index in [1.165, 1.54) is 0 Å². The summed E-state index contributed by atoms with van der Waals surface area (Å²) in [4.78, 5) is 23.6. The van der Waals surface area contributed by atoms with E-state index in [1.54, 1.807) is 0 Å². The second-order valence-corrected chi connectivity index (χ2v) is 9.40. The van der Waals surface area contributed by atoms with Crippen molar-refractivity contribution in [1.82, 2.24) is 0 Å². The molecule has 22 heavy (non-hydrogen) atoms. The average molecular weight is 312 g/mol. The molecule has 0 unspecified atom stereocenters. The Morgan fingerprint density at radius 3 is 2.00 bits per heavy atom. The quantitative estimate of drug-likeness (QED) is 0.693.